The zero-order valence-corrected chi connectivity index (χ0v) is 17.5. The van der Waals surface area contributed by atoms with Crippen molar-refractivity contribution in [2.75, 3.05) is 12.4 Å². The van der Waals surface area contributed by atoms with Crippen LogP contribution in [0.3, 0.4) is 0 Å². The molecule has 0 radical (unpaired) electrons. The van der Waals surface area contributed by atoms with Gasteiger partial charge in [-0.15, -0.1) is 15.3 Å². The van der Waals surface area contributed by atoms with Crippen LogP contribution in [-0.4, -0.2) is 31.9 Å². The van der Waals surface area contributed by atoms with Crippen LogP contribution in [0.5, 0.6) is 11.5 Å². The number of rotatable bonds is 6. The Bertz CT molecular complexity index is 1380. The second-order valence-corrected chi connectivity index (χ2v) is 7.74. The zero-order valence-electron chi connectivity index (χ0n) is 16.7. The normalized spacial score (nSPS) is 11.2. The molecular weight excluding hydrogens is 419 g/mol. The third-order valence-electron chi connectivity index (χ3n) is 4.61. The van der Waals surface area contributed by atoms with Crippen molar-refractivity contribution in [2.45, 2.75) is 13.5 Å². The molecule has 0 amide bonds. The smallest absolute Gasteiger partial charge is 0.236 e. The summed E-state index contributed by atoms with van der Waals surface area (Å²) in [4.78, 5) is 5.17. The van der Waals surface area contributed by atoms with Crippen molar-refractivity contribution in [3.63, 3.8) is 0 Å². The Morgan fingerprint density at radius 1 is 1.10 bits per heavy atom. The van der Waals surface area contributed by atoms with Crippen molar-refractivity contribution >= 4 is 38.0 Å². The van der Waals surface area contributed by atoms with Gasteiger partial charge < -0.3 is 14.8 Å². The maximum Gasteiger partial charge on any atom is 0.236 e. The molecule has 156 valence electrons. The van der Waals surface area contributed by atoms with E-state index >= 15 is 0 Å². The molecule has 0 aliphatic heterocycles. The van der Waals surface area contributed by atoms with Gasteiger partial charge in [-0.1, -0.05) is 11.3 Å². The van der Waals surface area contributed by atoms with Crippen LogP contribution in [-0.2, 0) is 6.61 Å². The molecule has 5 aromatic rings. The minimum Gasteiger partial charge on any atom is -0.497 e. The van der Waals surface area contributed by atoms with Gasteiger partial charge in [-0.3, -0.25) is 4.98 Å². The third kappa shape index (κ3) is 3.84. The lowest BCUT2D eigenvalue weighted by Gasteiger charge is -2.10. The number of nitrogens with one attached hydrogen (secondary N) is 1. The number of hydrogen-bond acceptors (Lipinski definition) is 8. The van der Waals surface area contributed by atoms with E-state index in [1.54, 1.807) is 23.8 Å². The van der Waals surface area contributed by atoms with Gasteiger partial charge in [0.05, 0.1) is 12.6 Å². The van der Waals surface area contributed by atoms with Gasteiger partial charge in [0.15, 0.2) is 5.82 Å². The number of anilines is 2. The van der Waals surface area contributed by atoms with Crippen molar-refractivity contribution in [1.29, 1.82) is 0 Å². The Morgan fingerprint density at radius 3 is 2.74 bits per heavy atom. The maximum absolute atomic E-state index is 13.1. The van der Waals surface area contributed by atoms with E-state index in [2.05, 4.69) is 25.6 Å². The van der Waals surface area contributed by atoms with Gasteiger partial charge in [0, 0.05) is 22.8 Å². The molecule has 10 heteroatoms. The van der Waals surface area contributed by atoms with E-state index in [0.29, 0.717) is 21.7 Å². The van der Waals surface area contributed by atoms with E-state index in [1.165, 1.54) is 23.5 Å². The molecular formula is C21H17FN6O2S. The Balaban J connectivity index is 1.40. The van der Waals surface area contributed by atoms with Gasteiger partial charge in [-0.05, 0) is 49.4 Å². The lowest BCUT2D eigenvalue weighted by molar-refractivity contribution is 0.296. The molecule has 1 N–H and O–H groups in total. The number of halogens is 1. The third-order valence-corrected chi connectivity index (χ3v) is 5.43. The highest BCUT2D eigenvalue weighted by Gasteiger charge is 2.14. The van der Waals surface area contributed by atoms with Crippen molar-refractivity contribution in [3.8, 4) is 11.5 Å². The SMILES string of the molecule is COc1ccc2nc(C)cc(OCc3nnc4sc(Nc5ccc(F)cc5)nn34)c2c1. The van der Waals surface area contributed by atoms with E-state index < -0.39 is 0 Å². The fourth-order valence-corrected chi connectivity index (χ4v) is 3.92. The Morgan fingerprint density at radius 2 is 1.94 bits per heavy atom. The van der Waals surface area contributed by atoms with Crippen LogP contribution in [0, 0.1) is 12.7 Å². The fraction of sp³-hybridized carbons (Fsp3) is 0.143. The predicted octanol–water partition coefficient (Wildman–Crippen LogP) is 4.51. The summed E-state index contributed by atoms with van der Waals surface area (Å²) in [5.74, 6) is 1.67. The Kier molecular flexibility index (Phi) is 4.83. The van der Waals surface area contributed by atoms with Crippen molar-refractivity contribution in [2.24, 2.45) is 0 Å². The predicted molar refractivity (Wildman–Crippen MR) is 116 cm³/mol. The van der Waals surface area contributed by atoms with E-state index in [1.807, 2.05) is 31.2 Å². The van der Waals surface area contributed by atoms with E-state index in [9.17, 15) is 4.39 Å². The molecule has 0 unspecified atom stereocenters. The first-order valence-electron chi connectivity index (χ1n) is 9.41. The maximum atomic E-state index is 13.1. The molecule has 0 bridgehead atoms. The van der Waals surface area contributed by atoms with Gasteiger partial charge >= 0.3 is 0 Å². The molecule has 0 saturated carbocycles. The summed E-state index contributed by atoms with van der Waals surface area (Å²) in [5, 5.41) is 17.5. The summed E-state index contributed by atoms with van der Waals surface area (Å²) in [7, 11) is 1.62. The zero-order chi connectivity index (χ0) is 21.4. The van der Waals surface area contributed by atoms with Gasteiger partial charge in [0.2, 0.25) is 10.1 Å². The van der Waals surface area contributed by atoms with Crippen LogP contribution < -0.4 is 14.8 Å². The molecule has 0 saturated heterocycles. The van der Waals surface area contributed by atoms with E-state index in [4.69, 9.17) is 9.47 Å². The summed E-state index contributed by atoms with van der Waals surface area (Å²) in [6.45, 7) is 2.09. The van der Waals surface area contributed by atoms with Crippen LogP contribution in [0.25, 0.3) is 15.9 Å². The quantitative estimate of drug-likeness (QED) is 0.419. The number of benzene rings is 2. The van der Waals surface area contributed by atoms with E-state index in [0.717, 1.165) is 28.0 Å². The monoisotopic (exact) mass is 436 g/mol. The standard InChI is InChI=1S/C21H17FN6O2S/c1-12-9-18(16-10-15(29-2)7-8-17(16)23-12)30-11-19-25-26-21-28(19)27-20(31-21)24-14-5-3-13(22)4-6-14/h3-10H,11H2,1-2H3,(H,24,27). The second-order valence-electron chi connectivity index (χ2n) is 6.78. The lowest BCUT2D eigenvalue weighted by Crippen LogP contribution is -2.04. The van der Waals surface area contributed by atoms with Crippen molar-refractivity contribution in [3.05, 3.63) is 65.9 Å². The molecule has 5 rings (SSSR count). The van der Waals surface area contributed by atoms with Gasteiger partial charge in [0.25, 0.3) is 0 Å². The molecule has 0 aliphatic rings. The summed E-state index contributed by atoms with van der Waals surface area (Å²) in [6.07, 6.45) is 0. The average molecular weight is 436 g/mol. The van der Waals surface area contributed by atoms with Crippen molar-refractivity contribution < 1.29 is 13.9 Å². The van der Waals surface area contributed by atoms with Crippen LogP contribution in [0.15, 0.2) is 48.5 Å². The first-order valence-corrected chi connectivity index (χ1v) is 10.2. The van der Waals surface area contributed by atoms with Crippen LogP contribution in [0.1, 0.15) is 11.5 Å². The summed E-state index contributed by atoms with van der Waals surface area (Å²) in [5.41, 5.74) is 2.40. The number of aromatic nitrogens is 5. The first-order chi connectivity index (χ1) is 15.1. The summed E-state index contributed by atoms with van der Waals surface area (Å²) < 4.78 is 26.1. The Labute approximate surface area is 180 Å². The number of aryl methyl sites for hydroxylation is 1. The van der Waals surface area contributed by atoms with Crippen LogP contribution in [0.4, 0.5) is 15.2 Å². The Hall–Kier alpha value is -3.79. The number of ether oxygens (including phenoxy) is 2. The topological polar surface area (TPSA) is 86.5 Å². The van der Waals surface area contributed by atoms with Crippen LogP contribution in [0.2, 0.25) is 0 Å². The number of methoxy groups -OCH3 is 1. The first kappa shape index (κ1) is 19.2. The number of nitrogens with zero attached hydrogens (tertiary/aromatic N) is 5. The highest BCUT2D eigenvalue weighted by atomic mass is 32.1. The highest BCUT2D eigenvalue weighted by Crippen LogP contribution is 2.30. The number of pyridine rings is 1. The van der Waals surface area contributed by atoms with Gasteiger partial charge in [0.1, 0.15) is 23.9 Å². The molecule has 8 nitrogen and oxygen atoms in total. The molecule has 31 heavy (non-hydrogen) atoms. The summed E-state index contributed by atoms with van der Waals surface area (Å²) in [6, 6.07) is 13.6. The van der Waals surface area contributed by atoms with E-state index in [-0.39, 0.29) is 12.4 Å². The van der Waals surface area contributed by atoms with Crippen LogP contribution >= 0.6 is 11.3 Å². The second kappa shape index (κ2) is 7.80. The molecule has 2 aromatic carbocycles. The highest BCUT2D eigenvalue weighted by molar-refractivity contribution is 7.20. The minimum absolute atomic E-state index is 0.177. The number of hydrogen-bond donors (Lipinski definition) is 1. The summed E-state index contributed by atoms with van der Waals surface area (Å²) >= 11 is 1.34. The van der Waals surface area contributed by atoms with Gasteiger partial charge in [-0.2, -0.15) is 4.52 Å². The molecule has 0 aliphatic carbocycles. The average Bonchev–Trinajstić information content (AvgIpc) is 3.33. The molecule has 3 heterocycles. The van der Waals surface area contributed by atoms with Crippen molar-refractivity contribution in [1.82, 2.24) is 24.8 Å². The number of fused-ring (bicyclic) bond motifs is 2. The lowest BCUT2D eigenvalue weighted by atomic mass is 10.1. The fourth-order valence-electron chi connectivity index (χ4n) is 3.14. The molecule has 3 aromatic heterocycles. The van der Waals surface area contributed by atoms with Gasteiger partial charge in [-0.25, -0.2) is 4.39 Å². The largest absolute Gasteiger partial charge is 0.497 e. The molecule has 0 fully saturated rings. The molecule has 0 atom stereocenters. The minimum atomic E-state index is -0.292. The molecule has 0 spiro atoms.